The molecule has 4 nitrogen and oxygen atoms in total. The van der Waals surface area contributed by atoms with E-state index >= 15 is 0 Å². The molecule has 0 radical (unpaired) electrons. The van der Waals surface area contributed by atoms with E-state index in [1.54, 1.807) is 7.11 Å². The summed E-state index contributed by atoms with van der Waals surface area (Å²) in [6, 6.07) is 3.88. The SMILES string of the molecule is CNCc1ncc2c(OC)cccn12. The number of aromatic nitrogens is 2. The van der Waals surface area contributed by atoms with Gasteiger partial charge in [0.25, 0.3) is 0 Å². The molecule has 1 N–H and O–H groups in total. The molecule has 74 valence electrons. The van der Waals surface area contributed by atoms with Crippen molar-refractivity contribution in [2.75, 3.05) is 14.2 Å². The van der Waals surface area contributed by atoms with Gasteiger partial charge in [-0.3, -0.25) is 4.40 Å². The van der Waals surface area contributed by atoms with Gasteiger partial charge in [0.1, 0.15) is 17.1 Å². The van der Waals surface area contributed by atoms with Gasteiger partial charge in [-0.1, -0.05) is 0 Å². The Morgan fingerprint density at radius 1 is 1.57 bits per heavy atom. The Labute approximate surface area is 82.5 Å². The fourth-order valence-corrected chi connectivity index (χ4v) is 1.51. The lowest BCUT2D eigenvalue weighted by Gasteiger charge is -2.03. The molecule has 0 spiro atoms. The molecule has 0 aliphatic carbocycles. The number of nitrogens with one attached hydrogen (secondary N) is 1. The van der Waals surface area contributed by atoms with Gasteiger partial charge >= 0.3 is 0 Å². The normalized spacial score (nSPS) is 10.7. The first-order valence-electron chi connectivity index (χ1n) is 4.50. The fourth-order valence-electron chi connectivity index (χ4n) is 1.51. The van der Waals surface area contributed by atoms with Gasteiger partial charge in [-0.15, -0.1) is 0 Å². The molecule has 4 heteroatoms. The van der Waals surface area contributed by atoms with E-state index in [0.29, 0.717) is 0 Å². The molecule has 0 saturated carbocycles. The number of imidazole rings is 1. The highest BCUT2D eigenvalue weighted by atomic mass is 16.5. The zero-order valence-electron chi connectivity index (χ0n) is 8.32. The summed E-state index contributed by atoms with van der Waals surface area (Å²) in [6.45, 7) is 0.751. The lowest BCUT2D eigenvalue weighted by Crippen LogP contribution is -2.08. The van der Waals surface area contributed by atoms with Crippen molar-refractivity contribution in [3.8, 4) is 5.75 Å². The number of methoxy groups -OCH3 is 1. The monoisotopic (exact) mass is 191 g/mol. The highest BCUT2D eigenvalue weighted by molar-refractivity contribution is 5.59. The molecule has 0 aromatic carbocycles. The Morgan fingerprint density at radius 3 is 3.14 bits per heavy atom. The number of pyridine rings is 1. The molecule has 0 amide bonds. The van der Waals surface area contributed by atoms with E-state index in [-0.39, 0.29) is 0 Å². The second-order valence-electron chi connectivity index (χ2n) is 3.04. The minimum Gasteiger partial charge on any atom is -0.494 e. The summed E-state index contributed by atoms with van der Waals surface area (Å²) in [5, 5.41) is 3.08. The molecule has 0 aliphatic rings. The molecule has 2 aromatic rings. The first-order valence-corrected chi connectivity index (χ1v) is 4.50. The van der Waals surface area contributed by atoms with Crippen molar-refractivity contribution in [3.63, 3.8) is 0 Å². The third kappa shape index (κ3) is 1.33. The van der Waals surface area contributed by atoms with E-state index < -0.39 is 0 Å². The Bertz CT molecular complexity index is 436. The zero-order valence-corrected chi connectivity index (χ0v) is 8.32. The molecular formula is C10H13N3O. The summed E-state index contributed by atoms with van der Waals surface area (Å²) in [4.78, 5) is 4.31. The lowest BCUT2D eigenvalue weighted by molar-refractivity contribution is 0.418. The number of hydrogen-bond acceptors (Lipinski definition) is 3. The van der Waals surface area contributed by atoms with E-state index in [9.17, 15) is 0 Å². The van der Waals surface area contributed by atoms with Crippen molar-refractivity contribution < 1.29 is 4.74 Å². The maximum Gasteiger partial charge on any atom is 0.144 e. The Kier molecular flexibility index (Phi) is 2.37. The maximum absolute atomic E-state index is 5.24. The van der Waals surface area contributed by atoms with Gasteiger partial charge < -0.3 is 10.1 Å². The summed E-state index contributed by atoms with van der Waals surface area (Å²) >= 11 is 0. The van der Waals surface area contributed by atoms with Gasteiger partial charge in [-0.05, 0) is 19.2 Å². The van der Waals surface area contributed by atoms with E-state index in [2.05, 4.69) is 10.3 Å². The summed E-state index contributed by atoms with van der Waals surface area (Å²) in [5.74, 6) is 1.84. The van der Waals surface area contributed by atoms with Gasteiger partial charge in [-0.2, -0.15) is 0 Å². The number of nitrogens with zero attached hydrogens (tertiary/aromatic N) is 2. The van der Waals surface area contributed by atoms with E-state index in [4.69, 9.17) is 4.74 Å². The first kappa shape index (κ1) is 9.02. The average Bonchev–Trinajstić information content (AvgIpc) is 2.62. The highest BCUT2D eigenvalue weighted by Crippen LogP contribution is 2.19. The van der Waals surface area contributed by atoms with Crippen LogP contribution in [0.25, 0.3) is 5.52 Å². The van der Waals surface area contributed by atoms with Gasteiger partial charge in [-0.25, -0.2) is 4.98 Å². The molecule has 0 atom stereocenters. The molecule has 0 aliphatic heterocycles. The van der Waals surface area contributed by atoms with E-state index in [1.165, 1.54) is 0 Å². The Morgan fingerprint density at radius 2 is 2.43 bits per heavy atom. The van der Waals surface area contributed by atoms with Gasteiger partial charge in [0.15, 0.2) is 0 Å². The van der Waals surface area contributed by atoms with Crippen molar-refractivity contribution in [2.45, 2.75) is 6.54 Å². The standard InChI is InChI=1S/C10H13N3O/c1-11-7-10-12-6-8-9(14-2)4-3-5-13(8)10/h3-6,11H,7H2,1-2H3. The third-order valence-corrected chi connectivity index (χ3v) is 2.16. The molecular weight excluding hydrogens is 178 g/mol. The molecule has 14 heavy (non-hydrogen) atoms. The Balaban J connectivity index is 2.57. The number of ether oxygens (including phenoxy) is 1. The van der Waals surface area contributed by atoms with E-state index in [0.717, 1.165) is 23.6 Å². The van der Waals surface area contributed by atoms with Crippen LogP contribution in [0.4, 0.5) is 0 Å². The van der Waals surface area contributed by atoms with Crippen molar-refractivity contribution in [1.82, 2.24) is 14.7 Å². The molecule has 0 bridgehead atoms. The smallest absolute Gasteiger partial charge is 0.144 e. The zero-order chi connectivity index (χ0) is 9.97. The quantitative estimate of drug-likeness (QED) is 0.788. The van der Waals surface area contributed by atoms with Crippen LogP contribution in [0.1, 0.15) is 5.82 Å². The highest BCUT2D eigenvalue weighted by Gasteiger charge is 2.05. The van der Waals surface area contributed by atoms with Gasteiger partial charge in [0, 0.05) is 6.20 Å². The summed E-state index contributed by atoms with van der Waals surface area (Å²) < 4.78 is 7.26. The van der Waals surface area contributed by atoms with Gasteiger partial charge in [0.05, 0.1) is 19.9 Å². The second kappa shape index (κ2) is 3.67. The van der Waals surface area contributed by atoms with Crippen molar-refractivity contribution in [3.05, 3.63) is 30.4 Å². The van der Waals surface area contributed by atoms with Gasteiger partial charge in [0.2, 0.25) is 0 Å². The number of hydrogen-bond donors (Lipinski definition) is 1. The predicted octanol–water partition coefficient (Wildman–Crippen LogP) is 1.06. The van der Waals surface area contributed by atoms with Crippen LogP contribution < -0.4 is 10.1 Å². The van der Waals surface area contributed by atoms with Crippen molar-refractivity contribution in [2.24, 2.45) is 0 Å². The molecule has 2 heterocycles. The van der Waals surface area contributed by atoms with Crippen LogP contribution in [-0.2, 0) is 6.54 Å². The van der Waals surface area contributed by atoms with Crippen LogP contribution in [0, 0.1) is 0 Å². The number of rotatable bonds is 3. The summed E-state index contributed by atoms with van der Waals surface area (Å²) in [7, 11) is 3.57. The third-order valence-electron chi connectivity index (χ3n) is 2.16. The molecule has 0 fully saturated rings. The van der Waals surface area contributed by atoms with Crippen LogP contribution in [0.5, 0.6) is 5.75 Å². The predicted molar refractivity (Wildman–Crippen MR) is 54.5 cm³/mol. The topological polar surface area (TPSA) is 38.6 Å². The summed E-state index contributed by atoms with van der Waals surface area (Å²) in [6.07, 6.45) is 3.81. The fraction of sp³-hybridized carbons (Fsp3) is 0.300. The molecule has 2 aromatic heterocycles. The van der Waals surface area contributed by atoms with Crippen molar-refractivity contribution >= 4 is 5.52 Å². The minimum atomic E-state index is 0.751. The summed E-state index contributed by atoms with van der Waals surface area (Å²) in [5.41, 5.74) is 1.00. The second-order valence-corrected chi connectivity index (χ2v) is 3.04. The number of fused-ring (bicyclic) bond motifs is 1. The average molecular weight is 191 g/mol. The van der Waals surface area contributed by atoms with Crippen LogP contribution in [-0.4, -0.2) is 23.5 Å². The first-order chi connectivity index (χ1) is 6.86. The minimum absolute atomic E-state index is 0.751. The molecule has 2 rings (SSSR count). The van der Waals surface area contributed by atoms with Crippen LogP contribution in [0.15, 0.2) is 24.5 Å². The molecule has 0 unspecified atom stereocenters. The van der Waals surface area contributed by atoms with E-state index in [1.807, 2.05) is 36.0 Å². The van der Waals surface area contributed by atoms with Crippen molar-refractivity contribution in [1.29, 1.82) is 0 Å². The van der Waals surface area contributed by atoms with Crippen LogP contribution >= 0.6 is 0 Å². The maximum atomic E-state index is 5.24. The largest absolute Gasteiger partial charge is 0.494 e. The van der Waals surface area contributed by atoms with Crippen LogP contribution in [0.3, 0.4) is 0 Å². The molecule has 0 saturated heterocycles. The Hall–Kier alpha value is -1.55. The lowest BCUT2D eigenvalue weighted by atomic mass is 10.4. The van der Waals surface area contributed by atoms with Crippen LogP contribution in [0.2, 0.25) is 0 Å².